The maximum Gasteiger partial charge on any atom is 0.0704 e. The fourth-order valence-corrected chi connectivity index (χ4v) is 2.80. The smallest absolute Gasteiger partial charge is 0.0704 e. The van der Waals surface area contributed by atoms with Gasteiger partial charge in [-0.05, 0) is 49.2 Å². The molecule has 0 spiro atoms. The predicted molar refractivity (Wildman–Crippen MR) is 88.5 cm³/mol. The van der Waals surface area contributed by atoms with Gasteiger partial charge in [-0.1, -0.05) is 42.0 Å². The van der Waals surface area contributed by atoms with Gasteiger partial charge in [0.25, 0.3) is 0 Å². The van der Waals surface area contributed by atoms with E-state index in [1.807, 2.05) is 19.3 Å². The molecule has 2 heteroatoms. The number of aryl methyl sites for hydroxylation is 1. The van der Waals surface area contributed by atoms with Crippen molar-refractivity contribution in [3.8, 4) is 0 Å². The summed E-state index contributed by atoms with van der Waals surface area (Å²) >= 11 is 0. The molecule has 2 nitrogen and oxygen atoms in total. The lowest BCUT2D eigenvalue weighted by Gasteiger charge is -2.12. The summed E-state index contributed by atoms with van der Waals surface area (Å²) in [6.07, 6.45) is 2.85. The summed E-state index contributed by atoms with van der Waals surface area (Å²) in [5, 5.41) is 4.50. The van der Waals surface area contributed by atoms with E-state index in [0.717, 1.165) is 18.5 Å². The summed E-state index contributed by atoms with van der Waals surface area (Å²) < 4.78 is 0. The van der Waals surface area contributed by atoms with Crippen LogP contribution in [-0.4, -0.2) is 12.0 Å². The molecule has 0 bridgehead atoms. The highest BCUT2D eigenvalue weighted by molar-refractivity contribution is 5.82. The van der Waals surface area contributed by atoms with E-state index < -0.39 is 0 Å². The second kappa shape index (κ2) is 6.06. The summed E-state index contributed by atoms with van der Waals surface area (Å²) in [7, 11) is 1.99. The number of nitrogens with zero attached hydrogens (tertiary/aromatic N) is 1. The molecule has 21 heavy (non-hydrogen) atoms. The van der Waals surface area contributed by atoms with E-state index in [-0.39, 0.29) is 0 Å². The maximum atomic E-state index is 4.45. The second-order valence-corrected chi connectivity index (χ2v) is 5.47. The maximum absolute atomic E-state index is 4.45. The van der Waals surface area contributed by atoms with Gasteiger partial charge in [-0.3, -0.25) is 4.98 Å². The first-order valence-corrected chi connectivity index (χ1v) is 7.33. The fourth-order valence-electron chi connectivity index (χ4n) is 2.80. The third-order valence-corrected chi connectivity index (χ3v) is 3.85. The van der Waals surface area contributed by atoms with Crippen LogP contribution in [0.4, 0.5) is 0 Å². The van der Waals surface area contributed by atoms with Gasteiger partial charge in [0.1, 0.15) is 0 Å². The topological polar surface area (TPSA) is 24.9 Å². The van der Waals surface area contributed by atoms with Gasteiger partial charge in [0.15, 0.2) is 0 Å². The monoisotopic (exact) mass is 276 g/mol. The molecule has 0 radical (unpaired) electrons. The first kappa shape index (κ1) is 13.8. The number of rotatable bonds is 4. The number of benzene rings is 2. The zero-order valence-electron chi connectivity index (χ0n) is 12.6. The second-order valence-electron chi connectivity index (χ2n) is 5.47. The van der Waals surface area contributed by atoms with Gasteiger partial charge in [-0.15, -0.1) is 0 Å². The molecule has 0 saturated carbocycles. The molecular formula is C19H20N2. The van der Waals surface area contributed by atoms with E-state index in [9.17, 15) is 0 Å². The van der Waals surface area contributed by atoms with Crippen molar-refractivity contribution < 1.29 is 0 Å². The summed E-state index contributed by atoms with van der Waals surface area (Å²) in [6.45, 7) is 3.05. The van der Waals surface area contributed by atoms with Crippen LogP contribution < -0.4 is 5.32 Å². The van der Waals surface area contributed by atoms with E-state index in [2.05, 4.69) is 59.7 Å². The lowest BCUT2D eigenvalue weighted by atomic mass is 9.96. The minimum atomic E-state index is 0.901. The van der Waals surface area contributed by atoms with Gasteiger partial charge in [-0.2, -0.15) is 0 Å². The zero-order valence-corrected chi connectivity index (χ0v) is 12.6. The zero-order chi connectivity index (χ0) is 14.7. The lowest BCUT2D eigenvalue weighted by Crippen LogP contribution is -2.08. The summed E-state index contributed by atoms with van der Waals surface area (Å²) in [5.74, 6) is 0. The number of hydrogen-bond donors (Lipinski definition) is 1. The highest BCUT2D eigenvalue weighted by atomic mass is 14.8. The summed E-state index contributed by atoms with van der Waals surface area (Å²) in [5.41, 5.74) is 6.47. The first-order valence-electron chi connectivity index (χ1n) is 7.33. The summed E-state index contributed by atoms with van der Waals surface area (Å²) in [4.78, 5) is 4.45. The van der Waals surface area contributed by atoms with Crippen LogP contribution in [0.1, 0.15) is 22.3 Å². The van der Waals surface area contributed by atoms with Crippen molar-refractivity contribution in [2.24, 2.45) is 0 Å². The van der Waals surface area contributed by atoms with Crippen LogP contribution in [0.15, 0.2) is 54.7 Å². The van der Waals surface area contributed by atoms with E-state index in [1.54, 1.807) is 0 Å². The minimum Gasteiger partial charge on any atom is -0.316 e. The lowest BCUT2D eigenvalue weighted by molar-refractivity contribution is 0.807. The molecule has 1 N–H and O–H groups in total. The molecule has 106 valence electrons. The van der Waals surface area contributed by atoms with Crippen molar-refractivity contribution in [3.05, 3.63) is 77.0 Å². The first-order chi connectivity index (χ1) is 10.3. The van der Waals surface area contributed by atoms with Gasteiger partial charge < -0.3 is 5.32 Å². The van der Waals surface area contributed by atoms with Gasteiger partial charge >= 0.3 is 0 Å². The molecular weight excluding hydrogens is 256 g/mol. The Morgan fingerprint density at radius 1 is 0.952 bits per heavy atom. The Morgan fingerprint density at radius 2 is 1.81 bits per heavy atom. The van der Waals surface area contributed by atoms with Crippen molar-refractivity contribution in [1.82, 2.24) is 10.3 Å². The minimum absolute atomic E-state index is 0.901. The predicted octanol–water partition coefficient (Wildman–Crippen LogP) is 3.85. The third kappa shape index (κ3) is 2.96. The molecule has 1 heterocycles. The molecule has 3 rings (SSSR count). The highest BCUT2D eigenvalue weighted by Gasteiger charge is 2.07. The van der Waals surface area contributed by atoms with Gasteiger partial charge in [0, 0.05) is 18.1 Å². The molecule has 0 amide bonds. The molecule has 0 saturated heterocycles. The SMILES string of the molecule is CNCc1ccc(C)cc1Cc1ccnc2ccccc12. The van der Waals surface area contributed by atoms with Crippen molar-refractivity contribution in [3.63, 3.8) is 0 Å². The molecule has 0 aliphatic carbocycles. The quantitative estimate of drug-likeness (QED) is 0.783. The van der Waals surface area contributed by atoms with Gasteiger partial charge in [0.2, 0.25) is 0 Å². The van der Waals surface area contributed by atoms with E-state index in [1.165, 1.54) is 27.6 Å². The average Bonchev–Trinajstić information content (AvgIpc) is 2.50. The molecule has 0 aliphatic rings. The van der Waals surface area contributed by atoms with Crippen LogP contribution in [0, 0.1) is 6.92 Å². The number of pyridine rings is 1. The Morgan fingerprint density at radius 3 is 2.67 bits per heavy atom. The van der Waals surface area contributed by atoms with Gasteiger partial charge in [0.05, 0.1) is 5.52 Å². The Hall–Kier alpha value is -2.19. The van der Waals surface area contributed by atoms with Crippen LogP contribution in [0.25, 0.3) is 10.9 Å². The molecule has 0 unspecified atom stereocenters. The van der Waals surface area contributed by atoms with Crippen LogP contribution in [-0.2, 0) is 13.0 Å². The standard InChI is InChI=1S/C19H20N2/c1-14-7-8-16(13-20-2)17(11-14)12-15-9-10-21-19-6-4-3-5-18(15)19/h3-11,20H,12-13H2,1-2H3. The molecule has 3 aromatic rings. The fraction of sp³-hybridized carbons (Fsp3) is 0.211. The van der Waals surface area contributed by atoms with Crippen molar-refractivity contribution in [1.29, 1.82) is 0 Å². The van der Waals surface area contributed by atoms with Gasteiger partial charge in [-0.25, -0.2) is 0 Å². The van der Waals surface area contributed by atoms with Crippen molar-refractivity contribution in [2.45, 2.75) is 19.9 Å². The highest BCUT2D eigenvalue weighted by Crippen LogP contribution is 2.22. The molecule has 2 aromatic carbocycles. The molecule has 0 aliphatic heterocycles. The Balaban J connectivity index is 2.04. The Labute approximate surface area is 125 Å². The van der Waals surface area contributed by atoms with Crippen LogP contribution in [0.3, 0.4) is 0 Å². The van der Waals surface area contributed by atoms with Crippen molar-refractivity contribution in [2.75, 3.05) is 7.05 Å². The number of nitrogens with one attached hydrogen (secondary N) is 1. The number of hydrogen-bond acceptors (Lipinski definition) is 2. The largest absolute Gasteiger partial charge is 0.316 e. The normalized spacial score (nSPS) is 11.0. The third-order valence-electron chi connectivity index (χ3n) is 3.85. The number of para-hydroxylation sites is 1. The molecule has 1 aromatic heterocycles. The average molecular weight is 276 g/mol. The molecule has 0 fully saturated rings. The van der Waals surface area contributed by atoms with E-state index >= 15 is 0 Å². The summed E-state index contributed by atoms with van der Waals surface area (Å²) in [6, 6.07) is 17.2. The van der Waals surface area contributed by atoms with E-state index in [4.69, 9.17) is 0 Å². The van der Waals surface area contributed by atoms with Crippen LogP contribution in [0.5, 0.6) is 0 Å². The number of aromatic nitrogens is 1. The van der Waals surface area contributed by atoms with Crippen LogP contribution >= 0.6 is 0 Å². The van der Waals surface area contributed by atoms with Crippen molar-refractivity contribution >= 4 is 10.9 Å². The number of fused-ring (bicyclic) bond motifs is 1. The Bertz CT molecular complexity index is 757. The molecule has 0 atom stereocenters. The Kier molecular flexibility index (Phi) is 3.98. The van der Waals surface area contributed by atoms with E-state index in [0.29, 0.717) is 0 Å². The van der Waals surface area contributed by atoms with Crippen LogP contribution in [0.2, 0.25) is 0 Å².